The van der Waals surface area contributed by atoms with Gasteiger partial charge in [-0.3, -0.25) is 4.98 Å². The summed E-state index contributed by atoms with van der Waals surface area (Å²) in [5, 5.41) is 0. The van der Waals surface area contributed by atoms with E-state index >= 15 is 0 Å². The van der Waals surface area contributed by atoms with Crippen LogP contribution in [0.1, 0.15) is 24.1 Å². The Bertz CT molecular complexity index is 746. The van der Waals surface area contributed by atoms with Gasteiger partial charge in [0, 0.05) is 18.4 Å². The van der Waals surface area contributed by atoms with Crippen molar-refractivity contribution in [2.45, 2.75) is 24.0 Å². The Labute approximate surface area is 126 Å². The number of nitrogens with one attached hydrogen (secondary N) is 1. The predicted octanol–water partition coefficient (Wildman–Crippen LogP) is 3.14. The smallest absolute Gasteiger partial charge is 0.264 e. The molecule has 1 aromatic carbocycles. The van der Waals surface area contributed by atoms with Gasteiger partial charge in [-0.1, -0.05) is 18.2 Å². The van der Waals surface area contributed by atoms with Crippen LogP contribution >= 0.6 is 0 Å². The second-order valence-electron chi connectivity index (χ2n) is 4.62. The lowest BCUT2D eigenvalue weighted by atomic mass is 10.2. The summed E-state index contributed by atoms with van der Waals surface area (Å²) in [5.74, 6) is 0. The molecule has 0 amide bonds. The molecule has 1 aromatic heterocycles. The summed E-state index contributed by atoms with van der Waals surface area (Å²) in [6, 6.07) is 6.61. The minimum atomic E-state index is -4.75. The zero-order valence-corrected chi connectivity index (χ0v) is 12.3. The Morgan fingerprint density at radius 3 is 2.41 bits per heavy atom. The number of nitrogens with zero attached hydrogens (tertiary/aromatic N) is 1. The molecule has 0 saturated carbocycles. The van der Waals surface area contributed by atoms with E-state index in [1.54, 1.807) is 12.1 Å². The maximum Gasteiger partial charge on any atom is 0.417 e. The van der Waals surface area contributed by atoms with Crippen molar-refractivity contribution in [1.82, 2.24) is 9.71 Å². The highest BCUT2D eigenvalue weighted by Crippen LogP contribution is 2.34. The van der Waals surface area contributed by atoms with Gasteiger partial charge in [0.2, 0.25) is 10.0 Å². The van der Waals surface area contributed by atoms with Crippen LogP contribution < -0.4 is 4.72 Å². The summed E-state index contributed by atoms with van der Waals surface area (Å²) in [5.41, 5.74) is -0.642. The van der Waals surface area contributed by atoms with Crippen LogP contribution in [0.2, 0.25) is 0 Å². The number of hydrogen-bond donors (Lipinski definition) is 1. The molecule has 0 saturated heterocycles. The van der Waals surface area contributed by atoms with E-state index in [0.29, 0.717) is 5.56 Å². The van der Waals surface area contributed by atoms with E-state index in [1.807, 2.05) is 0 Å². The number of benzene rings is 1. The molecule has 22 heavy (non-hydrogen) atoms. The Balaban J connectivity index is 2.36. The van der Waals surface area contributed by atoms with Crippen LogP contribution in [0.3, 0.4) is 0 Å². The number of sulfonamides is 1. The molecule has 1 heterocycles. The highest BCUT2D eigenvalue weighted by atomic mass is 32.2. The predicted molar refractivity (Wildman–Crippen MR) is 74.4 cm³/mol. The molecule has 0 aliphatic rings. The Morgan fingerprint density at radius 1 is 1.14 bits per heavy atom. The molecule has 2 aromatic rings. The topological polar surface area (TPSA) is 59.1 Å². The fourth-order valence-electron chi connectivity index (χ4n) is 1.93. The van der Waals surface area contributed by atoms with Gasteiger partial charge in [-0.25, -0.2) is 13.1 Å². The molecule has 4 nitrogen and oxygen atoms in total. The first-order valence-electron chi connectivity index (χ1n) is 6.30. The molecule has 0 aliphatic carbocycles. The second-order valence-corrected chi connectivity index (χ2v) is 6.31. The van der Waals surface area contributed by atoms with Gasteiger partial charge in [-0.05, 0) is 30.7 Å². The fourth-order valence-corrected chi connectivity index (χ4v) is 3.39. The third-order valence-electron chi connectivity index (χ3n) is 3.00. The van der Waals surface area contributed by atoms with Crippen molar-refractivity contribution in [1.29, 1.82) is 0 Å². The summed E-state index contributed by atoms with van der Waals surface area (Å²) in [4.78, 5) is 3.06. The number of aromatic nitrogens is 1. The van der Waals surface area contributed by atoms with Crippen LogP contribution in [0, 0.1) is 0 Å². The van der Waals surface area contributed by atoms with Crippen molar-refractivity contribution < 1.29 is 21.6 Å². The first-order chi connectivity index (χ1) is 10.2. The molecule has 0 radical (unpaired) electrons. The summed E-state index contributed by atoms with van der Waals surface area (Å²) < 4.78 is 65.5. The van der Waals surface area contributed by atoms with E-state index in [-0.39, 0.29) is 0 Å². The monoisotopic (exact) mass is 330 g/mol. The summed E-state index contributed by atoms with van der Waals surface area (Å²) in [7, 11) is -4.32. The Hall–Kier alpha value is -1.93. The normalized spacial score (nSPS) is 13.8. The van der Waals surface area contributed by atoms with E-state index in [1.165, 1.54) is 25.4 Å². The van der Waals surface area contributed by atoms with E-state index < -0.39 is 32.7 Å². The van der Waals surface area contributed by atoms with Gasteiger partial charge in [0.1, 0.15) is 0 Å². The summed E-state index contributed by atoms with van der Waals surface area (Å²) in [6.07, 6.45) is -1.78. The van der Waals surface area contributed by atoms with Gasteiger partial charge >= 0.3 is 6.18 Å². The number of alkyl halides is 3. The molecule has 0 spiro atoms. The second kappa shape index (κ2) is 6.05. The molecule has 0 fully saturated rings. The van der Waals surface area contributed by atoms with Crippen LogP contribution in [0.15, 0.2) is 53.7 Å². The molecule has 8 heteroatoms. The van der Waals surface area contributed by atoms with Gasteiger partial charge in [0.05, 0.1) is 10.5 Å². The molecular weight excluding hydrogens is 317 g/mol. The van der Waals surface area contributed by atoms with Crippen molar-refractivity contribution >= 4 is 10.0 Å². The number of hydrogen-bond acceptors (Lipinski definition) is 3. The summed E-state index contributed by atoms with van der Waals surface area (Å²) >= 11 is 0. The third-order valence-corrected chi connectivity index (χ3v) is 4.60. The lowest BCUT2D eigenvalue weighted by Crippen LogP contribution is -2.29. The quantitative estimate of drug-likeness (QED) is 0.937. The maximum atomic E-state index is 12.9. The van der Waals surface area contributed by atoms with Gasteiger partial charge in [-0.2, -0.15) is 13.2 Å². The first-order valence-corrected chi connectivity index (χ1v) is 7.78. The highest BCUT2D eigenvalue weighted by Gasteiger charge is 2.37. The number of pyridine rings is 1. The number of rotatable bonds is 4. The van der Waals surface area contributed by atoms with E-state index in [9.17, 15) is 21.6 Å². The zero-order chi connectivity index (χ0) is 16.4. The molecule has 1 atom stereocenters. The molecule has 0 unspecified atom stereocenters. The van der Waals surface area contributed by atoms with E-state index in [4.69, 9.17) is 0 Å². The SMILES string of the molecule is C[C@@H](NS(=O)(=O)c1ccccc1C(F)(F)F)c1cccnc1. The first kappa shape index (κ1) is 16.4. The van der Waals surface area contributed by atoms with Gasteiger partial charge in [0.25, 0.3) is 0 Å². The fraction of sp³-hybridized carbons (Fsp3) is 0.214. The standard InChI is InChI=1S/C14H13F3N2O2S/c1-10(11-5-4-8-18-9-11)19-22(20,21)13-7-3-2-6-12(13)14(15,16)17/h2-10,19H,1H3/t10-/m1/s1. The molecule has 118 valence electrons. The average molecular weight is 330 g/mol. The van der Waals surface area contributed by atoms with Crippen molar-refractivity contribution in [3.8, 4) is 0 Å². The molecular formula is C14H13F3N2O2S. The molecule has 0 aliphatic heterocycles. The third kappa shape index (κ3) is 3.63. The Kier molecular flexibility index (Phi) is 4.52. The van der Waals surface area contributed by atoms with Crippen LogP contribution in [0.25, 0.3) is 0 Å². The van der Waals surface area contributed by atoms with E-state index in [2.05, 4.69) is 9.71 Å². The van der Waals surface area contributed by atoms with Crippen LogP contribution in [-0.2, 0) is 16.2 Å². The molecule has 1 N–H and O–H groups in total. The van der Waals surface area contributed by atoms with Gasteiger partial charge < -0.3 is 0 Å². The minimum Gasteiger partial charge on any atom is -0.264 e. The molecule has 0 bridgehead atoms. The van der Waals surface area contributed by atoms with Gasteiger partial charge in [-0.15, -0.1) is 0 Å². The lowest BCUT2D eigenvalue weighted by molar-refractivity contribution is -0.139. The van der Waals surface area contributed by atoms with Crippen LogP contribution in [0.4, 0.5) is 13.2 Å². The van der Waals surface area contributed by atoms with Crippen LogP contribution in [0.5, 0.6) is 0 Å². The largest absolute Gasteiger partial charge is 0.417 e. The van der Waals surface area contributed by atoms with Crippen molar-refractivity contribution in [3.05, 3.63) is 59.9 Å². The summed E-state index contributed by atoms with van der Waals surface area (Å²) in [6.45, 7) is 1.53. The Morgan fingerprint density at radius 2 is 1.82 bits per heavy atom. The maximum absolute atomic E-state index is 12.9. The molecule has 2 rings (SSSR count). The lowest BCUT2D eigenvalue weighted by Gasteiger charge is -2.17. The van der Waals surface area contributed by atoms with Crippen molar-refractivity contribution in [2.75, 3.05) is 0 Å². The van der Waals surface area contributed by atoms with Crippen molar-refractivity contribution in [3.63, 3.8) is 0 Å². The highest BCUT2D eigenvalue weighted by molar-refractivity contribution is 7.89. The zero-order valence-electron chi connectivity index (χ0n) is 11.5. The van der Waals surface area contributed by atoms with Crippen molar-refractivity contribution in [2.24, 2.45) is 0 Å². The van der Waals surface area contributed by atoms with Gasteiger partial charge in [0.15, 0.2) is 0 Å². The van der Waals surface area contributed by atoms with Crippen LogP contribution in [-0.4, -0.2) is 13.4 Å². The number of halogens is 3. The average Bonchev–Trinajstić information content (AvgIpc) is 2.47. The van der Waals surface area contributed by atoms with E-state index in [0.717, 1.165) is 18.2 Å². The minimum absolute atomic E-state index is 0.551.